The fraction of sp³-hybridized carbons (Fsp3) is 0.263. The van der Waals surface area contributed by atoms with Crippen LogP contribution in [-0.2, 0) is 9.59 Å². The Labute approximate surface area is 141 Å². The lowest BCUT2D eigenvalue weighted by molar-refractivity contribution is -0.137. The van der Waals surface area contributed by atoms with Gasteiger partial charge in [-0.25, -0.2) is 0 Å². The number of carboxylic acids is 1. The third kappa shape index (κ3) is 5.76. The topological polar surface area (TPSA) is 75.6 Å². The molecule has 1 amide bonds. The van der Waals surface area contributed by atoms with Crippen molar-refractivity contribution in [2.75, 3.05) is 13.2 Å². The van der Waals surface area contributed by atoms with E-state index in [1.54, 1.807) is 0 Å². The number of benzene rings is 2. The van der Waals surface area contributed by atoms with Gasteiger partial charge >= 0.3 is 5.97 Å². The molecule has 0 bridgehead atoms. The molecule has 2 N–H and O–H groups in total. The molecule has 0 aliphatic heterocycles. The van der Waals surface area contributed by atoms with Gasteiger partial charge in [0.25, 0.3) is 0 Å². The molecule has 0 saturated carbocycles. The number of nitrogens with one attached hydrogen (secondary N) is 1. The van der Waals surface area contributed by atoms with Gasteiger partial charge in [-0.3, -0.25) is 9.59 Å². The molecular formula is C19H21NO4. The Morgan fingerprint density at radius 3 is 2.42 bits per heavy atom. The Morgan fingerprint density at radius 2 is 1.67 bits per heavy atom. The number of hydrogen-bond donors (Lipinski definition) is 2. The molecule has 0 unspecified atom stereocenters. The third-order valence-electron chi connectivity index (χ3n) is 3.45. The van der Waals surface area contributed by atoms with E-state index in [1.807, 2.05) is 54.6 Å². The van der Waals surface area contributed by atoms with E-state index in [0.29, 0.717) is 13.0 Å². The number of carbonyl (C=O) groups is 2. The zero-order valence-electron chi connectivity index (χ0n) is 13.4. The van der Waals surface area contributed by atoms with Crippen molar-refractivity contribution in [2.24, 2.45) is 0 Å². The van der Waals surface area contributed by atoms with Crippen LogP contribution in [-0.4, -0.2) is 30.1 Å². The van der Waals surface area contributed by atoms with Crippen LogP contribution in [0.25, 0.3) is 11.1 Å². The first-order valence-electron chi connectivity index (χ1n) is 7.92. The minimum absolute atomic E-state index is 0.0568. The Bertz CT molecular complexity index is 670. The number of carboxylic acid groups (broad SMARTS) is 1. The molecule has 2 rings (SSSR count). The molecule has 2 aromatic carbocycles. The predicted octanol–water partition coefficient (Wildman–Crippen LogP) is 3.10. The third-order valence-corrected chi connectivity index (χ3v) is 3.45. The number of hydrogen-bond acceptors (Lipinski definition) is 3. The smallest absolute Gasteiger partial charge is 0.303 e. The van der Waals surface area contributed by atoms with Crippen LogP contribution in [0.2, 0.25) is 0 Å². The maximum atomic E-state index is 11.7. The summed E-state index contributed by atoms with van der Waals surface area (Å²) in [5, 5.41) is 11.2. The lowest BCUT2D eigenvalue weighted by atomic mass is 10.1. The molecule has 24 heavy (non-hydrogen) atoms. The quantitative estimate of drug-likeness (QED) is 0.694. The second-order valence-corrected chi connectivity index (χ2v) is 5.31. The lowest BCUT2D eigenvalue weighted by Gasteiger charge is -2.11. The maximum Gasteiger partial charge on any atom is 0.303 e. The van der Waals surface area contributed by atoms with Crippen molar-refractivity contribution in [3.05, 3.63) is 54.6 Å². The van der Waals surface area contributed by atoms with Crippen molar-refractivity contribution in [2.45, 2.75) is 19.3 Å². The zero-order chi connectivity index (χ0) is 17.2. The summed E-state index contributed by atoms with van der Waals surface area (Å²) in [4.78, 5) is 22.1. The average Bonchev–Trinajstić information content (AvgIpc) is 2.60. The summed E-state index contributed by atoms with van der Waals surface area (Å²) in [5.41, 5.74) is 2.05. The van der Waals surface area contributed by atoms with Crippen LogP contribution in [0.5, 0.6) is 5.75 Å². The van der Waals surface area contributed by atoms with Gasteiger partial charge in [-0.2, -0.15) is 0 Å². The van der Waals surface area contributed by atoms with Gasteiger partial charge in [0.2, 0.25) is 5.91 Å². The molecule has 2 aromatic rings. The van der Waals surface area contributed by atoms with Gasteiger partial charge < -0.3 is 15.2 Å². The molecule has 0 heterocycles. The van der Waals surface area contributed by atoms with E-state index in [0.717, 1.165) is 16.9 Å². The van der Waals surface area contributed by atoms with E-state index >= 15 is 0 Å². The molecule has 0 fully saturated rings. The van der Waals surface area contributed by atoms with Crippen LogP contribution in [0.1, 0.15) is 19.3 Å². The summed E-state index contributed by atoms with van der Waals surface area (Å²) >= 11 is 0. The summed E-state index contributed by atoms with van der Waals surface area (Å²) in [6, 6.07) is 17.6. The van der Waals surface area contributed by atoms with Gasteiger partial charge in [-0.05, 0) is 18.1 Å². The second kappa shape index (κ2) is 9.35. The molecule has 5 nitrogen and oxygen atoms in total. The Balaban J connectivity index is 1.81. The predicted molar refractivity (Wildman–Crippen MR) is 91.9 cm³/mol. The Morgan fingerprint density at radius 1 is 0.958 bits per heavy atom. The normalized spacial score (nSPS) is 10.2. The summed E-state index contributed by atoms with van der Waals surface area (Å²) in [6.45, 7) is 0.639. The van der Waals surface area contributed by atoms with Crippen molar-refractivity contribution in [3.63, 3.8) is 0 Å². The highest BCUT2D eigenvalue weighted by Gasteiger charge is 2.07. The molecular weight excluding hydrogens is 306 g/mol. The first-order chi connectivity index (χ1) is 11.7. The largest absolute Gasteiger partial charge is 0.492 e. The van der Waals surface area contributed by atoms with Crippen molar-refractivity contribution in [1.82, 2.24) is 5.32 Å². The molecule has 0 aliphatic rings. The Hall–Kier alpha value is -2.82. The number of amides is 1. The van der Waals surface area contributed by atoms with E-state index in [9.17, 15) is 9.59 Å². The van der Waals surface area contributed by atoms with Gasteiger partial charge in [-0.1, -0.05) is 48.5 Å². The highest BCUT2D eigenvalue weighted by Crippen LogP contribution is 2.29. The fourth-order valence-corrected chi connectivity index (χ4v) is 2.26. The molecule has 0 radical (unpaired) electrons. The van der Waals surface area contributed by atoms with Crippen LogP contribution < -0.4 is 10.1 Å². The molecule has 0 atom stereocenters. The minimum atomic E-state index is -0.856. The summed E-state index contributed by atoms with van der Waals surface area (Å²) in [6.07, 6.45) is 0.718. The number of carbonyl (C=O) groups excluding carboxylic acids is 1. The van der Waals surface area contributed by atoms with E-state index < -0.39 is 5.97 Å². The highest BCUT2D eigenvalue weighted by molar-refractivity contribution is 5.76. The highest BCUT2D eigenvalue weighted by atomic mass is 16.5. The Kier molecular flexibility index (Phi) is 6.83. The fourth-order valence-electron chi connectivity index (χ4n) is 2.26. The van der Waals surface area contributed by atoms with Crippen molar-refractivity contribution >= 4 is 11.9 Å². The van der Waals surface area contributed by atoms with Crippen molar-refractivity contribution < 1.29 is 19.4 Å². The SMILES string of the molecule is O=C(O)CCCNC(=O)CCOc1ccccc1-c1ccccc1. The molecule has 0 spiro atoms. The molecule has 5 heteroatoms. The first-order valence-corrected chi connectivity index (χ1v) is 7.92. The van der Waals surface area contributed by atoms with E-state index in [4.69, 9.17) is 9.84 Å². The maximum absolute atomic E-state index is 11.7. The average molecular weight is 327 g/mol. The number of para-hydroxylation sites is 1. The van der Waals surface area contributed by atoms with Crippen LogP contribution >= 0.6 is 0 Å². The van der Waals surface area contributed by atoms with Gasteiger partial charge in [0, 0.05) is 18.5 Å². The lowest BCUT2D eigenvalue weighted by Crippen LogP contribution is -2.26. The van der Waals surface area contributed by atoms with Crippen LogP contribution in [0, 0.1) is 0 Å². The summed E-state index contributed by atoms with van der Waals surface area (Å²) in [5.74, 6) is -0.259. The molecule has 0 saturated heterocycles. The minimum Gasteiger partial charge on any atom is -0.492 e. The number of aliphatic carboxylic acids is 1. The van der Waals surface area contributed by atoms with Gasteiger partial charge in [0.1, 0.15) is 5.75 Å². The van der Waals surface area contributed by atoms with Crippen LogP contribution in [0.15, 0.2) is 54.6 Å². The van der Waals surface area contributed by atoms with Crippen molar-refractivity contribution in [3.8, 4) is 16.9 Å². The van der Waals surface area contributed by atoms with Crippen LogP contribution in [0.4, 0.5) is 0 Å². The number of rotatable bonds is 9. The molecule has 0 aromatic heterocycles. The zero-order valence-corrected chi connectivity index (χ0v) is 13.4. The summed E-state index contributed by atoms with van der Waals surface area (Å²) in [7, 11) is 0. The molecule has 126 valence electrons. The van der Waals surface area contributed by atoms with Gasteiger partial charge in [0.05, 0.1) is 13.0 Å². The van der Waals surface area contributed by atoms with Crippen molar-refractivity contribution in [1.29, 1.82) is 0 Å². The van der Waals surface area contributed by atoms with Gasteiger partial charge in [0.15, 0.2) is 0 Å². The standard InChI is InChI=1S/C19H21NO4/c21-18(20-13-6-11-19(22)23)12-14-24-17-10-5-4-9-16(17)15-7-2-1-3-8-15/h1-5,7-10H,6,11-14H2,(H,20,21)(H,22,23). The summed E-state index contributed by atoms with van der Waals surface area (Å²) < 4.78 is 5.75. The van der Waals surface area contributed by atoms with Gasteiger partial charge in [-0.15, -0.1) is 0 Å². The second-order valence-electron chi connectivity index (χ2n) is 5.31. The first kappa shape index (κ1) is 17.5. The van der Waals surface area contributed by atoms with E-state index in [2.05, 4.69) is 5.32 Å². The molecule has 0 aliphatic carbocycles. The van der Waals surface area contributed by atoms with E-state index in [-0.39, 0.29) is 25.4 Å². The number of ether oxygens (including phenoxy) is 1. The monoisotopic (exact) mass is 327 g/mol. The van der Waals surface area contributed by atoms with E-state index in [1.165, 1.54) is 0 Å². The van der Waals surface area contributed by atoms with Crippen LogP contribution in [0.3, 0.4) is 0 Å².